The summed E-state index contributed by atoms with van der Waals surface area (Å²) >= 11 is 0. The Kier molecular flexibility index (Phi) is 4.93. The summed E-state index contributed by atoms with van der Waals surface area (Å²) in [5, 5.41) is 6.31. The molecule has 4 nitrogen and oxygen atoms in total. The van der Waals surface area contributed by atoms with Crippen LogP contribution in [0.1, 0.15) is 12.5 Å². The molecule has 0 bridgehead atoms. The van der Waals surface area contributed by atoms with Crippen molar-refractivity contribution in [2.75, 3.05) is 32.1 Å². The predicted molar refractivity (Wildman–Crippen MR) is 76.2 cm³/mol. The Hall–Kier alpha value is -1.39. The zero-order valence-corrected chi connectivity index (χ0v) is 11.6. The van der Waals surface area contributed by atoms with Crippen molar-refractivity contribution < 1.29 is 9.53 Å². The number of amides is 1. The minimum absolute atomic E-state index is 0.0653. The summed E-state index contributed by atoms with van der Waals surface area (Å²) in [4.78, 5) is 12.3. The molecule has 1 fully saturated rings. The molecule has 1 aliphatic rings. The second-order valence-corrected chi connectivity index (χ2v) is 5.13. The molecule has 0 aromatic heterocycles. The molecule has 0 radical (unpaired) electrons. The smallest absolute Gasteiger partial charge is 0.229 e. The molecule has 0 spiro atoms. The topological polar surface area (TPSA) is 50.4 Å². The molecule has 1 aromatic rings. The molecule has 2 atom stereocenters. The summed E-state index contributed by atoms with van der Waals surface area (Å²) in [6.07, 6.45) is 0.811. The van der Waals surface area contributed by atoms with Gasteiger partial charge in [0.2, 0.25) is 5.91 Å². The molecule has 2 N–H and O–H groups in total. The summed E-state index contributed by atoms with van der Waals surface area (Å²) in [7, 11) is 1.69. The van der Waals surface area contributed by atoms with Gasteiger partial charge in [-0.1, -0.05) is 25.1 Å². The minimum atomic E-state index is 0.0653. The van der Waals surface area contributed by atoms with Crippen LogP contribution in [0.2, 0.25) is 0 Å². The van der Waals surface area contributed by atoms with E-state index in [0.29, 0.717) is 12.5 Å². The van der Waals surface area contributed by atoms with Crippen LogP contribution in [0, 0.1) is 11.8 Å². The van der Waals surface area contributed by atoms with E-state index in [4.69, 9.17) is 4.74 Å². The number of carbonyl (C=O) groups excluding carboxylic acids is 1. The Labute approximate surface area is 114 Å². The summed E-state index contributed by atoms with van der Waals surface area (Å²) in [6.45, 7) is 4.46. The van der Waals surface area contributed by atoms with Gasteiger partial charge in [-0.25, -0.2) is 0 Å². The summed E-state index contributed by atoms with van der Waals surface area (Å²) in [5.74, 6) is 0.573. The van der Waals surface area contributed by atoms with Crippen LogP contribution < -0.4 is 10.6 Å². The molecule has 0 aliphatic carbocycles. The first-order chi connectivity index (χ1) is 9.22. The average molecular weight is 262 g/mol. The van der Waals surface area contributed by atoms with Crippen LogP contribution >= 0.6 is 0 Å². The lowest BCUT2D eigenvalue weighted by atomic mass is 9.97. The second-order valence-electron chi connectivity index (χ2n) is 5.13. The van der Waals surface area contributed by atoms with Crippen LogP contribution in [0.25, 0.3) is 0 Å². The minimum Gasteiger partial charge on any atom is -0.384 e. The number of para-hydroxylation sites is 1. The highest BCUT2D eigenvalue weighted by Gasteiger charge is 2.29. The summed E-state index contributed by atoms with van der Waals surface area (Å²) < 4.78 is 5.10. The lowest BCUT2D eigenvalue weighted by molar-refractivity contribution is -0.120. The number of hydrogen-bond donors (Lipinski definition) is 2. The first kappa shape index (κ1) is 14.0. The van der Waals surface area contributed by atoms with E-state index in [-0.39, 0.29) is 11.8 Å². The third kappa shape index (κ3) is 3.55. The van der Waals surface area contributed by atoms with E-state index in [0.717, 1.165) is 30.8 Å². The molecule has 19 heavy (non-hydrogen) atoms. The lowest BCUT2D eigenvalue weighted by Crippen LogP contribution is -2.28. The molecule has 1 heterocycles. The van der Waals surface area contributed by atoms with Crippen LogP contribution in [0.3, 0.4) is 0 Å². The van der Waals surface area contributed by atoms with E-state index in [1.807, 2.05) is 24.3 Å². The van der Waals surface area contributed by atoms with Gasteiger partial charge in [-0.05, 0) is 30.5 Å². The van der Waals surface area contributed by atoms with Gasteiger partial charge in [-0.15, -0.1) is 0 Å². The zero-order valence-electron chi connectivity index (χ0n) is 11.6. The molecular weight excluding hydrogens is 240 g/mol. The average Bonchev–Trinajstić information content (AvgIpc) is 2.84. The molecule has 0 saturated carbocycles. The van der Waals surface area contributed by atoms with E-state index < -0.39 is 0 Å². The van der Waals surface area contributed by atoms with Crippen LogP contribution in [0.4, 0.5) is 5.69 Å². The number of hydrogen-bond acceptors (Lipinski definition) is 3. The highest BCUT2D eigenvalue weighted by Crippen LogP contribution is 2.21. The molecule has 1 aliphatic heterocycles. The van der Waals surface area contributed by atoms with Crippen molar-refractivity contribution in [3.05, 3.63) is 29.8 Å². The molecule has 1 saturated heterocycles. The molecule has 2 rings (SSSR count). The predicted octanol–water partition coefficient (Wildman–Crippen LogP) is 1.67. The van der Waals surface area contributed by atoms with Gasteiger partial charge in [-0.3, -0.25) is 4.79 Å². The van der Waals surface area contributed by atoms with Crippen molar-refractivity contribution >= 4 is 11.6 Å². The van der Waals surface area contributed by atoms with E-state index in [1.165, 1.54) is 0 Å². The fourth-order valence-corrected chi connectivity index (χ4v) is 2.46. The molecule has 4 heteroatoms. The van der Waals surface area contributed by atoms with Crippen molar-refractivity contribution in [2.45, 2.75) is 13.3 Å². The number of carbonyl (C=O) groups is 1. The highest BCUT2D eigenvalue weighted by atomic mass is 16.5. The van der Waals surface area contributed by atoms with E-state index in [1.54, 1.807) is 7.11 Å². The maximum Gasteiger partial charge on any atom is 0.229 e. The van der Waals surface area contributed by atoms with Gasteiger partial charge in [-0.2, -0.15) is 0 Å². The van der Waals surface area contributed by atoms with Crippen LogP contribution in [-0.2, 0) is 16.0 Å². The van der Waals surface area contributed by atoms with Gasteiger partial charge in [0.05, 0.1) is 12.5 Å². The van der Waals surface area contributed by atoms with Crippen LogP contribution in [0.5, 0.6) is 0 Å². The monoisotopic (exact) mass is 262 g/mol. The quantitative estimate of drug-likeness (QED) is 0.848. The highest BCUT2D eigenvalue weighted by molar-refractivity contribution is 5.93. The standard InChI is InChI=1S/C15H22N2O2/c1-11-9-16-10-13(11)15(18)17-14-6-4-3-5-12(14)7-8-19-2/h3-6,11,13,16H,7-10H2,1-2H3,(H,17,18). The van der Waals surface area contributed by atoms with Gasteiger partial charge >= 0.3 is 0 Å². The maximum absolute atomic E-state index is 12.3. The van der Waals surface area contributed by atoms with E-state index >= 15 is 0 Å². The summed E-state index contributed by atoms with van der Waals surface area (Å²) in [5.41, 5.74) is 2.03. The number of rotatable bonds is 5. The fourth-order valence-electron chi connectivity index (χ4n) is 2.46. The Balaban J connectivity index is 2.03. The van der Waals surface area contributed by atoms with Gasteiger partial charge in [0.15, 0.2) is 0 Å². The zero-order chi connectivity index (χ0) is 13.7. The Morgan fingerprint density at radius 1 is 1.42 bits per heavy atom. The van der Waals surface area contributed by atoms with Crippen molar-refractivity contribution in [3.63, 3.8) is 0 Å². The Morgan fingerprint density at radius 3 is 2.89 bits per heavy atom. The number of benzene rings is 1. The van der Waals surface area contributed by atoms with Gasteiger partial charge in [0.1, 0.15) is 0 Å². The van der Waals surface area contributed by atoms with Crippen molar-refractivity contribution in [1.82, 2.24) is 5.32 Å². The second kappa shape index (κ2) is 6.68. The Morgan fingerprint density at radius 2 is 2.21 bits per heavy atom. The van der Waals surface area contributed by atoms with Crippen molar-refractivity contribution in [2.24, 2.45) is 11.8 Å². The van der Waals surface area contributed by atoms with Crippen LogP contribution in [0.15, 0.2) is 24.3 Å². The molecule has 1 amide bonds. The number of anilines is 1. The largest absolute Gasteiger partial charge is 0.384 e. The van der Waals surface area contributed by atoms with E-state index in [2.05, 4.69) is 17.6 Å². The Bertz CT molecular complexity index is 434. The molecule has 2 unspecified atom stereocenters. The lowest BCUT2D eigenvalue weighted by Gasteiger charge is -2.16. The first-order valence-electron chi connectivity index (χ1n) is 6.80. The van der Waals surface area contributed by atoms with Gasteiger partial charge in [0, 0.05) is 19.3 Å². The maximum atomic E-state index is 12.3. The van der Waals surface area contributed by atoms with Gasteiger partial charge in [0.25, 0.3) is 0 Å². The molecule has 1 aromatic carbocycles. The van der Waals surface area contributed by atoms with Crippen LogP contribution in [-0.4, -0.2) is 32.7 Å². The number of ether oxygens (including phenoxy) is 1. The third-order valence-corrected chi connectivity index (χ3v) is 3.70. The number of methoxy groups -OCH3 is 1. The molecule has 104 valence electrons. The van der Waals surface area contributed by atoms with E-state index in [9.17, 15) is 4.79 Å². The summed E-state index contributed by atoms with van der Waals surface area (Å²) in [6, 6.07) is 7.92. The van der Waals surface area contributed by atoms with Gasteiger partial charge < -0.3 is 15.4 Å². The third-order valence-electron chi connectivity index (χ3n) is 3.70. The van der Waals surface area contributed by atoms with Crippen molar-refractivity contribution in [1.29, 1.82) is 0 Å². The van der Waals surface area contributed by atoms with Crippen molar-refractivity contribution in [3.8, 4) is 0 Å². The SMILES string of the molecule is COCCc1ccccc1NC(=O)C1CNCC1C. The number of nitrogens with one attached hydrogen (secondary N) is 2. The first-order valence-corrected chi connectivity index (χ1v) is 6.80. The fraction of sp³-hybridized carbons (Fsp3) is 0.533. The molecular formula is C15H22N2O2. The normalized spacial score (nSPS) is 22.4.